The average Bonchev–Trinajstić information content (AvgIpc) is 2.67. The van der Waals surface area contributed by atoms with Gasteiger partial charge in [0, 0.05) is 19.1 Å². The first-order chi connectivity index (χ1) is 12.6. The maximum atomic E-state index is 13.2. The molecule has 8 heteroatoms. The molecule has 0 N–H and O–H groups in total. The molecule has 0 spiro atoms. The number of fused-ring (bicyclic) bond motifs is 2. The Labute approximate surface area is 181 Å². The summed E-state index contributed by atoms with van der Waals surface area (Å²) in [6.07, 6.45) is 7.50. The molecule has 1 aromatic carbocycles. The van der Waals surface area contributed by atoms with Gasteiger partial charge >= 0.3 is 0 Å². The smallest absolute Gasteiger partial charge is 0.243 e. The maximum absolute atomic E-state index is 13.2. The molecule has 0 radical (unpaired) electrons. The van der Waals surface area contributed by atoms with Crippen LogP contribution in [-0.2, 0) is 10.0 Å². The number of hydrogen-bond donors (Lipinski definition) is 0. The zero-order valence-electron chi connectivity index (χ0n) is 16.5. The van der Waals surface area contributed by atoms with Gasteiger partial charge < -0.3 is 4.74 Å². The molecule has 3 aliphatic rings. The van der Waals surface area contributed by atoms with E-state index in [1.807, 2.05) is 0 Å². The molecule has 2 heterocycles. The van der Waals surface area contributed by atoms with Crippen molar-refractivity contribution < 1.29 is 13.2 Å². The summed E-state index contributed by atoms with van der Waals surface area (Å²) >= 11 is 0. The van der Waals surface area contributed by atoms with Gasteiger partial charge in [-0.25, -0.2) is 8.42 Å². The first kappa shape index (κ1) is 23.7. The van der Waals surface area contributed by atoms with Crippen LogP contribution < -0.4 is 4.74 Å². The lowest BCUT2D eigenvalue weighted by molar-refractivity contribution is -0.00311. The molecule has 2 atom stereocenters. The Kier molecular flexibility index (Phi) is 8.47. The van der Waals surface area contributed by atoms with E-state index in [9.17, 15) is 8.42 Å². The van der Waals surface area contributed by atoms with Gasteiger partial charge in [-0.1, -0.05) is 12.8 Å². The lowest BCUT2D eigenvalue weighted by atomic mass is 9.73. The number of hydrogen-bond acceptors (Lipinski definition) is 4. The third-order valence-corrected chi connectivity index (χ3v) is 8.35. The average molecular weight is 451 g/mol. The number of nitrogens with zero attached hydrogens (tertiary/aromatic N) is 2. The molecule has 2 aliphatic heterocycles. The minimum atomic E-state index is -3.42. The highest BCUT2D eigenvalue weighted by Gasteiger charge is 2.45. The van der Waals surface area contributed by atoms with Gasteiger partial charge in [0.05, 0.1) is 12.0 Å². The SMILES string of the molecule is COc1ccc(S(=O)(=O)N2CC3CCCC(C2)C3N2CCCCC2)cc1.Cl.Cl. The number of piperidine rings is 2. The van der Waals surface area contributed by atoms with Crippen LogP contribution in [0.1, 0.15) is 38.5 Å². The van der Waals surface area contributed by atoms with E-state index in [-0.39, 0.29) is 24.8 Å². The summed E-state index contributed by atoms with van der Waals surface area (Å²) in [7, 11) is -1.83. The predicted octanol–water partition coefficient (Wildman–Crippen LogP) is 3.81. The monoisotopic (exact) mass is 450 g/mol. The summed E-state index contributed by atoms with van der Waals surface area (Å²) in [6.45, 7) is 3.74. The first-order valence-electron chi connectivity index (χ1n) is 9.98. The van der Waals surface area contributed by atoms with Gasteiger partial charge in [-0.15, -0.1) is 24.8 Å². The van der Waals surface area contributed by atoms with E-state index >= 15 is 0 Å². The van der Waals surface area contributed by atoms with Gasteiger partial charge in [0.15, 0.2) is 0 Å². The van der Waals surface area contributed by atoms with Crippen molar-refractivity contribution in [1.29, 1.82) is 0 Å². The number of sulfonamides is 1. The fourth-order valence-electron chi connectivity index (χ4n) is 5.27. The molecule has 4 rings (SSSR count). The van der Waals surface area contributed by atoms with Crippen molar-refractivity contribution in [1.82, 2.24) is 9.21 Å². The molecule has 1 aliphatic carbocycles. The number of likely N-dealkylation sites (tertiary alicyclic amines) is 1. The van der Waals surface area contributed by atoms with Gasteiger partial charge in [0.1, 0.15) is 5.75 Å². The van der Waals surface area contributed by atoms with Crippen molar-refractivity contribution >= 4 is 34.8 Å². The van der Waals surface area contributed by atoms with E-state index in [0.717, 1.165) is 12.8 Å². The Morgan fingerprint density at radius 1 is 0.893 bits per heavy atom. The number of halogens is 2. The van der Waals surface area contributed by atoms with E-state index in [1.54, 1.807) is 35.7 Å². The summed E-state index contributed by atoms with van der Waals surface area (Å²) in [5.41, 5.74) is 0. The largest absolute Gasteiger partial charge is 0.497 e. The van der Waals surface area contributed by atoms with E-state index in [4.69, 9.17) is 4.74 Å². The number of rotatable bonds is 4. The quantitative estimate of drug-likeness (QED) is 0.699. The minimum Gasteiger partial charge on any atom is -0.497 e. The predicted molar refractivity (Wildman–Crippen MR) is 116 cm³/mol. The summed E-state index contributed by atoms with van der Waals surface area (Å²) in [5, 5.41) is 0. The van der Waals surface area contributed by atoms with Crippen molar-refractivity contribution in [2.45, 2.75) is 49.5 Å². The summed E-state index contributed by atoms with van der Waals surface area (Å²) in [5.74, 6) is 1.65. The topological polar surface area (TPSA) is 49.9 Å². The number of methoxy groups -OCH3 is 1. The molecule has 160 valence electrons. The van der Waals surface area contributed by atoms with Crippen LogP contribution in [0.25, 0.3) is 0 Å². The molecule has 0 aromatic heterocycles. The van der Waals surface area contributed by atoms with Crippen molar-refractivity contribution in [3.63, 3.8) is 0 Å². The van der Waals surface area contributed by atoms with E-state index < -0.39 is 10.0 Å². The fraction of sp³-hybridized carbons (Fsp3) is 0.700. The molecule has 3 fully saturated rings. The molecule has 28 heavy (non-hydrogen) atoms. The van der Waals surface area contributed by atoms with Gasteiger partial charge in [0.25, 0.3) is 0 Å². The molecule has 5 nitrogen and oxygen atoms in total. The summed E-state index contributed by atoms with van der Waals surface area (Å²) in [4.78, 5) is 3.06. The molecular formula is C20H32Cl2N2O3S. The normalized spacial score (nSPS) is 28.7. The van der Waals surface area contributed by atoms with Gasteiger partial charge in [-0.05, 0) is 74.9 Å². The fourth-order valence-corrected chi connectivity index (χ4v) is 6.82. The van der Waals surface area contributed by atoms with Crippen LogP contribution in [-0.4, -0.2) is 57.0 Å². The second-order valence-corrected chi connectivity index (χ2v) is 9.97. The third-order valence-electron chi connectivity index (χ3n) is 6.50. The molecular weight excluding hydrogens is 419 g/mol. The second kappa shape index (κ2) is 9.98. The zero-order chi connectivity index (χ0) is 18.1. The number of benzene rings is 1. The van der Waals surface area contributed by atoms with Crippen LogP contribution >= 0.6 is 24.8 Å². The van der Waals surface area contributed by atoms with E-state index in [0.29, 0.717) is 41.6 Å². The molecule has 0 amide bonds. The van der Waals surface area contributed by atoms with Gasteiger partial charge in [0.2, 0.25) is 10.0 Å². The second-order valence-electron chi connectivity index (χ2n) is 8.04. The highest BCUT2D eigenvalue weighted by Crippen LogP contribution is 2.40. The van der Waals surface area contributed by atoms with E-state index in [2.05, 4.69) is 4.90 Å². The Morgan fingerprint density at radius 2 is 1.46 bits per heavy atom. The third kappa shape index (κ3) is 4.62. The highest BCUT2D eigenvalue weighted by molar-refractivity contribution is 7.89. The maximum Gasteiger partial charge on any atom is 0.243 e. The van der Waals surface area contributed by atoms with Crippen LogP contribution in [0.4, 0.5) is 0 Å². The van der Waals surface area contributed by atoms with Crippen LogP contribution in [0.3, 0.4) is 0 Å². The van der Waals surface area contributed by atoms with Crippen molar-refractivity contribution in [2.75, 3.05) is 33.3 Å². The standard InChI is InChI=1S/C20H30N2O3S.2ClH/c1-25-18-8-10-19(11-9-18)26(23,24)22-14-16-6-5-7-17(15-22)20(16)21-12-3-2-4-13-21;;/h8-11,16-17,20H,2-7,12-15H2,1H3;2*1H. The lowest BCUT2D eigenvalue weighted by Gasteiger charge is -2.52. The van der Waals surface area contributed by atoms with Crippen molar-refractivity contribution in [2.24, 2.45) is 11.8 Å². The molecule has 1 aromatic rings. The van der Waals surface area contributed by atoms with Crippen LogP contribution in [0.5, 0.6) is 5.75 Å². The zero-order valence-corrected chi connectivity index (χ0v) is 18.9. The van der Waals surface area contributed by atoms with Crippen LogP contribution in [0.2, 0.25) is 0 Å². The van der Waals surface area contributed by atoms with Crippen LogP contribution in [0.15, 0.2) is 29.2 Å². The Hall–Kier alpha value is -0.530. The van der Waals surface area contributed by atoms with Gasteiger partial charge in [-0.3, -0.25) is 4.90 Å². The summed E-state index contributed by atoms with van der Waals surface area (Å²) in [6, 6.07) is 7.38. The minimum absolute atomic E-state index is 0. The Morgan fingerprint density at radius 3 is 2.00 bits per heavy atom. The first-order valence-corrected chi connectivity index (χ1v) is 11.4. The molecule has 2 bridgehead atoms. The van der Waals surface area contributed by atoms with E-state index in [1.165, 1.54) is 38.8 Å². The molecule has 1 saturated carbocycles. The van der Waals surface area contributed by atoms with Crippen molar-refractivity contribution in [3.8, 4) is 5.75 Å². The van der Waals surface area contributed by atoms with Crippen molar-refractivity contribution in [3.05, 3.63) is 24.3 Å². The highest BCUT2D eigenvalue weighted by atomic mass is 35.5. The Balaban J connectivity index is 0.00000140. The molecule has 2 unspecified atom stereocenters. The Bertz CT molecular complexity index is 709. The molecule has 2 saturated heterocycles. The summed E-state index contributed by atoms with van der Waals surface area (Å²) < 4.78 is 33.3. The van der Waals surface area contributed by atoms with Gasteiger partial charge in [-0.2, -0.15) is 4.31 Å². The lowest BCUT2D eigenvalue weighted by Crippen LogP contribution is -2.59. The van der Waals surface area contributed by atoms with Crippen LogP contribution in [0, 0.1) is 11.8 Å². The number of ether oxygens (including phenoxy) is 1.